The summed E-state index contributed by atoms with van der Waals surface area (Å²) in [5.41, 5.74) is -0.683. The first-order valence-corrected chi connectivity index (χ1v) is 10.2. The van der Waals surface area contributed by atoms with E-state index in [1.54, 1.807) is 25.1 Å². The molecule has 0 heterocycles. The Balaban J connectivity index is 2.06. The standard InChI is InChI=1S/C19H24N2O4S/c1-3-26(24)16-10-6-5-9-15(16)18(23)25-14(2)17(22)21-19(13-20)11-7-4-8-12-19/h5-6,9-10,14H,3-4,7-8,11-12H2,1-2H3,(H,21,22). The highest BCUT2D eigenvalue weighted by Gasteiger charge is 2.35. The van der Waals surface area contributed by atoms with E-state index in [0.29, 0.717) is 23.5 Å². The van der Waals surface area contributed by atoms with Crippen LogP contribution in [-0.2, 0) is 20.3 Å². The van der Waals surface area contributed by atoms with Crippen molar-refractivity contribution < 1.29 is 18.5 Å². The van der Waals surface area contributed by atoms with E-state index in [1.165, 1.54) is 13.0 Å². The number of carbonyl (C=O) groups is 2. The largest absolute Gasteiger partial charge is 0.449 e. The van der Waals surface area contributed by atoms with Crippen LogP contribution in [-0.4, -0.2) is 33.5 Å². The molecule has 1 aliphatic rings. The summed E-state index contributed by atoms with van der Waals surface area (Å²) in [6.45, 7) is 3.24. The number of rotatable bonds is 6. The van der Waals surface area contributed by atoms with Crippen LogP contribution < -0.4 is 5.32 Å². The number of benzene rings is 1. The highest BCUT2D eigenvalue weighted by atomic mass is 32.2. The number of hydrogen-bond acceptors (Lipinski definition) is 5. The molecule has 0 radical (unpaired) electrons. The number of amides is 1. The number of nitriles is 1. The lowest BCUT2D eigenvalue weighted by atomic mass is 9.83. The Morgan fingerprint density at radius 2 is 1.96 bits per heavy atom. The Kier molecular flexibility index (Phi) is 6.92. The summed E-state index contributed by atoms with van der Waals surface area (Å²) in [4.78, 5) is 25.3. The van der Waals surface area contributed by atoms with Gasteiger partial charge in [-0.05, 0) is 31.9 Å². The van der Waals surface area contributed by atoms with Crippen LogP contribution in [0.4, 0.5) is 0 Å². The summed E-state index contributed by atoms with van der Waals surface area (Å²) in [6, 6.07) is 8.72. The van der Waals surface area contributed by atoms with Gasteiger partial charge >= 0.3 is 5.97 Å². The van der Waals surface area contributed by atoms with E-state index in [-0.39, 0.29) is 5.56 Å². The second-order valence-electron chi connectivity index (χ2n) is 6.42. The van der Waals surface area contributed by atoms with Crippen LogP contribution in [0.5, 0.6) is 0 Å². The molecule has 0 aromatic heterocycles. The maximum absolute atomic E-state index is 12.4. The summed E-state index contributed by atoms with van der Waals surface area (Å²) in [7, 11) is -1.31. The van der Waals surface area contributed by atoms with Gasteiger partial charge in [0.15, 0.2) is 6.10 Å². The number of esters is 1. The molecular weight excluding hydrogens is 352 g/mol. The summed E-state index contributed by atoms with van der Waals surface area (Å²) in [5.74, 6) is -0.805. The minimum absolute atomic E-state index is 0.194. The quantitative estimate of drug-likeness (QED) is 0.770. The van der Waals surface area contributed by atoms with Crippen LogP contribution in [0.15, 0.2) is 29.2 Å². The van der Waals surface area contributed by atoms with Crippen LogP contribution in [0, 0.1) is 11.3 Å². The Morgan fingerprint density at radius 3 is 2.58 bits per heavy atom. The minimum atomic E-state index is -1.31. The second kappa shape index (κ2) is 8.95. The molecule has 7 heteroatoms. The molecule has 0 spiro atoms. The van der Waals surface area contributed by atoms with Gasteiger partial charge in [-0.2, -0.15) is 5.26 Å². The molecule has 0 saturated heterocycles. The molecule has 1 aromatic carbocycles. The first-order valence-electron chi connectivity index (χ1n) is 8.84. The van der Waals surface area contributed by atoms with E-state index >= 15 is 0 Å². The highest BCUT2D eigenvalue weighted by molar-refractivity contribution is 7.85. The van der Waals surface area contributed by atoms with Crippen LogP contribution in [0.25, 0.3) is 0 Å². The van der Waals surface area contributed by atoms with Gasteiger partial charge in [0.25, 0.3) is 5.91 Å². The lowest BCUT2D eigenvalue weighted by Crippen LogP contribution is -2.52. The normalized spacial score (nSPS) is 18.2. The minimum Gasteiger partial charge on any atom is -0.449 e. The number of carbonyl (C=O) groups excluding carboxylic acids is 2. The molecule has 0 bridgehead atoms. The van der Waals surface area contributed by atoms with Crippen molar-refractivity contribution >= 4 is 22.7 Å². The first kappa shape index (κ1) is 20.1. The fourth-order valence-corrected chi connectivity index (χ4v) is 3.96. The van der Waals surface area contributed by atoms with Crippen molar-refractivity contribution in [1.82, 2.24) is 5.32 Å². The van der Waals surface area contributed by atoms with E-state index in [1.807, 2.05) is 0 Å². The number of hydrogen-bond donors (Lipinski definition) is 1. The molecule has 2 unspecified atom stereocenters. The van der Waals surface area contributed by atoms with Crippen LogP contribution in [0.1, 0.15) is 56.3 Å². The molecule has 2 rings (SSSR count). The van der Waals surface area contributed by atoms with Crippen molar-refractivity contribution in [3.8, 4) is 6.07 Å². The predicted molar refractivity (Wildman–Crippen MR) is 97.8 cm³/mol. The molecular formula is C19H24N2O4S. The van der Waals surface area contributed by atoms with Gasteiger partial charge in [0, 0.05) is 5.75 Å². The lowest BCUT2D eigenvalue weighted by molar-refractivity contribution is -0.130. The van der Waals surface area contributed by atoms with Gasteiger partial charge in [-0.1, -0.05) is 38.3 Å². The molecule has 2 atom stereocenters. The topological polar surface area (TPSA) is 96.3 Å². The van der Waals surface area contributed by atoms with Crippen molar-refractivity contribution in [3.05, 3.63) is 29.8 Å². The highest BCUT2D eigenvalue weighted by Crippen LogP contribution is 2.27. The second-order valence-corrected chi connectivity index (χ2v) is 8.13. The van der Waals surface area contributed by atoms with E-state index in [0.717, 1.165) is 19.3 Å². The van der Waals surface area contributed by atoms with Gasteiger partial charge in [0.1, 0.15) is 5.54 Å². The van der Waals surface area contributed by atoms with E-state index in [9.17, 15) is 19.1 Å². The molecule has 1 saturated carbocycles. The zero-order valence-electron chi connectivity index (χ0n) is 15.1. The number of ether oxygens (including phenoxy) is 1. The van der Waals surface area contributed by atoms with Crippen molar-refractivity contribution in [1.29, 1.82) is 5.26 Å². The fraction of sp³-hybridized carbons (Fsp3) is 0.526. The van der Waals surface area contributed by atoms with Gasteiger partial charge < -0.3 is 10.1 Å². The summed E-state index contributed by atoms with van der Waals surface area (Å²) >= 11 is 0. The van der Waals surface area contributed by atoms with Gasteiger partial charge in [-0.3, -0.25) is 9.00 Å². The Labute approximate surface area is 156 Å². The van der Waals surface area contributed by atoms with E-state index in [2.05, 4.69) is 11.4 Å². The molecule has 1 amide bonds. The molecule has 1 N–H and O–H groups in total. The summed E-state index contributed by atoms with van der Waals surface area (Å²) in [5, 5.41) is 12.2. The lowest BCUT2D eigenvalue weighted by Gasteiger charge is -2.32. The van der Waals surface area contributed by atoms with Crippen molar-refractivity contribution in [2.45, 2.75) is 62.5 Å². The van der Waals surface area contributed by atoms with Gasteiger partial charge in [0.05, 0.1) is 27.3 Å². The molecule has 1 fully saturated rings. The van der Waals surface area contributed by atoms with Gasteiger partial charge in [-0.25, -0.2) is 4.79 Å². The number of nitrogens with one attached hydrogen (secondary N) is 1. The molecule has 1 aromatic rings. The van der Waals surface area contributed by atoms with E-state index < -0.39 is 34.3 Å². The van der Waals surface area contributed by atoms with Gasteiger partial charge in [0.2, 0.25) is 0 Å². The maximum atomic E-state index is 12.4. The SMILES string of the molecule is CCS(=O)c1ccccc1C(=O)OC(C)C(=O)NC1(C#N)CCCCC1. The number of nitrogens with zero attached hydrogens (tertiary/aromatic N) is 1. The third-order valence-electron chi connectivity index (χ3n) is 4.55. The summed E-state index contributed by atoms with van der Waals surface area (Å²) < 4.78 is 17.4. The molecule has 140 valence electrons. The molecule has 0 aliphatic heterocycles. The van der Waals surface area contributed by atoms with Crippen molar-refractivity contribution in [2.24, 2.45) is 0 Å². The van der Waals surface area contributed by atoms with Crippen molar-refractivity contribution in [2.75, 3.05) is 5.75 Å². The smallest absolute Gasteiger partial charge is 0.340 e. The fourth-order valence-electron chi connectivity index (χ4n) is 3.02. The van der Waals surface area contributed by atoms with Crippen LogP contribution in [0.2, 0.25) is 0 Å². The molecule has 1 aliphatic carbocycles. The Hall–Kier alpha value is -2.20. The molecule has 26 heavy (non-hydrogen) atoms. The Bertz CT molecular complexity index is 735. The zero-order valence-corrected chi connectivity index (χ0v) is 15.9. The first-order chi connectivity index (χ1) is 12.4. The van der Waals surface area contributed by atoms with E-state index in [4.69, 9.17) is 4.74 Å². The van der Waals surface area contributed by atoms with Crippen LogP contribution >= 0.6 is 0 Å². The average molecular weight is 376 g/mol. The van der Waals surface area contributed by atoms with Crippen LogP contribution in [0.3, 0.4) is 0 Å². The monoisotopic (exact) mass is 376 g/mol. The van der Waals surface area contributed by atoms with Crippen molar-refractivity contribution in [3.63, 3.8) is 0 Å². The predicted octanol–water partition coefficient (Wildman–Crippen LogP) is 2.70. The average Bonchev–Trinajstić information content (AvgIpc) is 2.67. The molecule has 6 nitrogen and oxygen atoms in total. The maximum Gasteiger partial charge on any atom is 0.340 e. The third-order valence-corrected chi connectivity index (χ3v) is 5.92. The zero-order chi connectivity index (χ0) is 19.2. The van der Waals surface area contributed by atoms with Gasteiger partial charge in [-0.15, -0.1) is 0 Å². The third kappa shape index (κ3) is 4.70. The Morgan fingerprint density at radius 1 is 1.31 bits per heavy atom. The summed E-state index contributed by atoms with van der Waals surface area (Å²) in [6.07, 6.45) is 2.99.